The molecule has 2 aromatic rings. The lowest BCUT2D eigenvalue weighted by atomic mass is 10.1. The van der Waals surface area contributed by atoms with Crippen molar-refractivity contribution < 1.29 is 23.4 Å². The Bertz CT molecular complexity index is 889. The molecule has 26 heavy (non-hydrogen) atoms. The van der Waals surface area contributed by atoms with Crippen LogP contribution < -0.4 is 9.47 Å². The largest absolute Gasteiger partial charge is 0.493 e. The molecule has 0 spiro atoms. The van der Waals surface area contributed by atoms with E-state index in [1.165, 1.54) is 18.2 Å². The van der Waals surface area contributed by atoms with E-state index in [1.807, 2.05) is 6.92 Å². The van der Waals surface area contributed by atoms with Crippen LogP contribution in [0.15, 0.2) is 53.2 Å². The van der Waals surface area contributed by atoms with Gasteiger partial charge in [-0.15, -0.1) is 0 Å². The van der Waals surface area contributed by atoms with Crippen LogP contribution in [0.2, 0.25) is 0 Å². The fourth-order valence-electron chi connectivity index (χ4n) is 2.42. The van der Waals surface area contributed by atoms with Gasteiger partial charge in [-0.1, -0.05) is 19.1 Å². The smallest absolute Gasteiger partial charge is 0.363 e. The molecule has 3 rings (SSSR count). The minimum Gasteiger partial charge on any atom is -0.493 e. The first-order valence-corrected chi connectivity index (χ1v) is 8.20. The molecule has 0 fully saturated rings. The molecule has 1 heterocycles. The number of esters is 1. The Labute approximate surface area is 150 Å². The van der Waals surface area contributed by atoms with Gasteiger partial charge in [-0.2, -0.15) is 0 Å². The van der Waals surface area contributed by atoms with Crippen molar-refractivity contribution in [2.75, 3.05) is 13.7 Å². The van der Waals surface area contributed by atoms with E-state index in [2.05, 4.69) is 4.99 Å². The van der Waals surface area contributed by atoms with Gasteiger partial charge in [0, 0.05) is 5.56 Å². The van der Waals surface area contributed by atoms with Gasteiger partial charge in [0.1, 0.15) is 5.82 Å². The second-order valence-corrected chi connectivity index (χ2v) is 5.61. The number of ether oxygens (including phenoxy) is 3. The zero-order valence-electron chi connectivity index (χ0n) is 14.5. The van der Waals surface area contributed by atoms with E-state index in [9.17, 15) is 9.18 Å². The minimum absolute atomic E-state index is 0.0803. The quantitative estimate of drug-likeness (QED) is 0.581. The van der Waals surface area contributed by atoms with Crippen LogP contribution in [-0.4, -0.2) is 25.6 Å². The summed E-state index contributed by atoms with van der Waals surface area (Å²) in [4.78, 5) is 16.2. The van der Waals surface area contributed by atoms with E-state index < -0.39 is 11.8 Å². The third kappa shape index (κ3) is 3.91. The normalized spacial score (nSPS) is 15.0. The molecule has 1 aliphatic rings. The number of carbonyl (C=O) groups is 1. The highest BCUT2D eigenvalue weighted by Gasteiger charge is 2.24. The van der Waals surface area contributed by atoms with Crippen LogP contribution in [0.5, 0.6) is 11.5 Å². The molecule has 0 aromatic heterocycles. The monoisotopic (exact) mass is 355 g/mol. The highest BCUT2D eigenvalue weighted by molar-refractivity contribution is 6.12. The third-order valence-corrected chi connectivity index (χ3v) is 3.64. The molecule has 0 saturated carbocycles. The molecule has 0 unspecified atom stereocenters. The first-order valence-electron chi connectivity index (χ1n) is 8.20. The summed E-state index contributed by atoms with van der Waals surface area (Å²) in [5.41, 5.74) is 1.26. The van der Waals surface area contributed by atoms with Gasteiger partial charge in [0.05, 0.1) is 13.7 Å². The molecule has 5 nitrogen and oxygen atoms in total. The fraction of sp³-hybridized carbons (Fsp3) is 0.200. The van der Waals surface area contributed by atoms with Crippen molar-refractivity contribution in [2.45, 2.75) is 13.3 Å². The standard InChI is InChI=1S/C20H18FNO4/c1-3-9-25-18-11-13(7-8-17(18)24-2)10-16-20(23)26-19(22-16)14-5-4-6-15(21)12-14/h4-8,10-12H,3,9H2,1-2H3. The number of rotatable bonds is 6. The maximum absolute atomic E-state index is 13.3. The molecular formula is C20H18FNO4. The van der Waals surface area contributed by atoms with Crippen molar-refractivity contribution in [1.82, 2.24) is 0 Å². The van der Waals surface area contributed by atoms with Crippen molar-refractivity contribution in [3.05, 3.63) is 65.1 Å². The Morgan fingerprint density at radius 1 is 1.19 bits per heavy atom. The summed E-state index contributed by atoms with van der Waals surface area (Å²) in [6.45, 7) is 2.57. The summed E-state index contributed by atoms with van der Waals surface area (Å²) in [5.74, 6) is 0.266. The second kappa shape index (κ2) is 7.82. The predicted octanol–water partition coefficient (Wildman–Crippen LogP) is 3.97. The molecule has 0 atom stereocenters. The van der Waals surface area contributed by atoms with Crippen LogP contribution >= 0.6 is 0 Å². The Morgan fingerprint density at radius 3 is 2.77 bits per heavy atom. The van der Waals surface area contributed by atoms with E-state index in [-0.39, 0.29) is 11.6 Å². The van der Waals surface area contributed by atoms with Crippen LogP contribution in [0.3, 0.4) is 0 Å². The number of benzene rings is 2. The molecule has 1 aliphatic heterocycles. The van der Waals surface area contributed by atoms with Gasteiger partial charge < -0.3 is 14.2 Å². The van der Waals surface area contributed by atoms with Gasteiger partial charge in [-0.3, -0.25) is 0 Å². The summed E-state index contributed by atoms with van der Waals surface area (Å²) in [6, 6.07) is 11.0. The molecule has 0 N–H and O–H groups in total. The molecule has 2 aromatic carbocycles. The summed E-state index contributed by atoms with van der Waals surface area (Å²) < 4.78 is 29.4. The van der Waals surface area contributed by atoms with Crippen LogP contribution in [0.1, 0.15) is 24.5 Å². The maximum atomic E-state index is 13.3. The summed E-state index contributed by atoms with van der Waals surface area (Å²) >= 11 is 0. The zero-order valence-corrected chi connectivity index (χ0v) is 14.5. The van der Waals surface area contributed by atoms with Gasteiger partial charge in [0.15, 0.2) is 17.2 Å². The van der Waals surface area contributed by atoms with Crippen LogP contribution in [0.4, 0.5) is 4.39 Å². The number of cyclic esters (lactones) is 1. The van der Waals surface area contributed by atoms with Crippen molar-refractivity contribution in [2.24, 2.45) is 4.99 Å². The number of hydrogen-bond donors (Lipinski definition) is 0. The average Bonchev–Trinajstić information content (AvgIpc) is 3.01. The zero-order chi connectivity index (χ0) is 18.5. The third-order valence-electron chi connectivity index (χ3n) is 3.64. The molecule has 6 heteroatoms. The van der Waals surface area contributed by atoms with E-state index in [0.29, 0.717) is 29.2 Å². The van der Waals surface area contributed by atoms with Crippen LogP contribution in [0, 0.1) is 5.82 Å². The van der Waals surface area contributed by atoms with Gasteiger partial charge in [-0.05, 0) is 48.4 Å². The Balaban J connectivity index is 1.90. The van der Waals surface area contributed by atoms with Crippen molar-refractivity contribution in [3.8, 4) is 11.5 Å². The number of aliphatic imine (C=N–C) groups is 1. The summed E-state index contributed by atoms with van der Waals surface area (Å²) in [7, 11) is 1.57. The van der Waals surface area contributed by atoms with E-state index in [0.717, 1.165) is 6.42 Å². The Kier molecular flexibility index (Phi) is 5.31. The lowest BCUT2D eigenvalue weighted by Gasteiger charge is -2.10. The van der Waals surface area contributed by atoms with E-state index in [1.54, 1.807) is 37.5 Å². The van der Waals surface area contributed by atoms with Crippen molar-refractivity contribution in [3.63, 3.8) is 0 Å². The number of methoxy groups -OCH3 is 1. The fourth-order valence-corrected chi connectivity index (χ4v) is 2.42. The van der Waals surface area contributed by atoms with Gasteiger partial charge in [-0.25, -0.2) is 14.2 Å². The molecule has 134 valence electrons. The average molecular weight is 355 g/mol. The highest BCUT2D eigenvalue weighted by Crippen LogP contribution is 2.30. The number of carbonyl (C=O) groups excluding carboxylic acids is 1. The topological polar surface area (TPSA) is 57.1 Å². The number of hydrogen-bond acceptors (Lipinski definition) is 5. The van der Waals surface area contributed by atoms with Gasteiger partial charge >= 0.3 is 5.97 Å². The predicted molar refractivity (Wildman–Crippen MR) is 95.8 cm³/mol. The van der Waals surface area contributed by atoms with Crippen LogP contribution in [0.25, 0.3) is 6.08 Å². The van der Waals surface area contributed by atoms with Gasteiger partial charge in [0.2, 0.25) is 5.90 Å². The van der Waals surface area contributed by atoms with Crippen molar-refractivity contribution in [1.29, 1.82) is 0 Å². The molecular weight excluding hydrogens is 337 g/mol. The number of halogens is 1. The van der Waals surface area contributed by atoms with Crippen LogP contribution in [-0.2, 0) is 9.53 Å². The first kappa shape index (κ1) is 17.7. The molecule has 0 aliphatic carbocycles. The van der Waals surface area contributed by atoms with Crippen molar-refractivity contribution >= 4 is 17.9 Å². The minimum atomic E-state index is -0.587. The summed E-state index contributed by atoms with van der Waals surface area (Å²) in [6.07, 6.45) is 2.45. The second-order valence-electron chi connectivity index (χ2n) is 5.61. The maximum Gasteiger partial charge on any atom is 0.363 e. The Morgan fingerprint density at radius 2 is 2.04 bits per heavy atom. The first-order chi connectivity index (χ1) is 12.6. The van der Waals surface area contributed by atoms with E-state index >= 15 is 0 Å². The molecule has 0 bridgehead atoms. The lowest BCUT2D eigenvalue weighted by Crippen LogP contribution is -2.05. The highest BCUT2D eigenvalue weighted by atomic mass is 19.1. The lowest BCUT2D eigenvalue weighted by molar-refractivity contribution is -0.129. The van der Waals surface area contributed by atoms with E-state index in [4.69, 9.17) is 14.2 Å². The Hall–Kier alpha value is -3.15. The SMILES string of the molecule is CCCOc1cc(C=C2N=C(c3cccc(F)c3)OC2=O)ccc1OC. The molecule has 0 saturated heterocycles. The number of nitrogens with zero attached hydrogens (tertiary/aromatic N) is 1. The summed E-state index contributed by atoms with van der Waals surface area (Å²) in [5, 5.41) is 0. The van der Waals surface area contributed by atoms with Gasteiger partial charge in [0.25, 0.3) is 0 Å². The molecule has 0 amide bonds. The molecule has 0 radical (unpaired) electrons.